The van der Waals surface area contributed by atoms with Gasteiger partial charge in [0.05, 0.1) is 21.7 Å². The minimum atomic E-state index is -2.75. The van der Waals surface area contributed by atoms with Gasteiger partial charge in [0, 0.05) is 29.8 Å². The first-order valence-corrected chi connectivity index (χ1v) is 11.6. The van der Waals surface area contributed by atoms with Gasteiger partial charge in [-0.3, -0.25) is 4.90 Å². The Balaban J connectivity index is 1.95. The second-order valence-corrected chi connectivity index (χ2v) is 8.94. The normalized spacial score (nSPS) is 11.3. The van der Waals surface area contributed by atoms with Gasteiger partial charge in [0.15, 0.2) is 0 Å². The van der Waals surface area contributed by atoms with Gasteiger partial charge in [-0.2, -0.15) is 0 Å². The molecular weight excluding hydrogens is 546 g/mol. The van der Waals surface area contributed by atoms with Crippen molar-refractivity contribution in [1.29, 1.82) is 0 Å². The lowest BCUT2D eigenvalue weighted by Gasteiger charge is -2.25. The molecule has 7 nitrogen and oxygen atoms in total. The lowest BCUT2D eigenvalue weighted by molar-refractivity contribution is 0.0664. The first kappa shape index (κ1) is 24.9. The number of anilines is 3. The third-order valence-electron chi connectivity index (χ3n) is 5.33. The number of aromatic nitrogens is 2. The van der Waals surface area contributed by atoms with Gasteiger partial charge in [0.25, 0.3) is 6.43 Å². The molecule has 1 aromatic heterocycles. The maximum atomic E-state index is 12.7. The van der Waals surface area contributed by atoms with E-state index in [1.165, 1.54) is 12.1 Å². The van der Waals surface area contributed by atoms with Crippen molar-refractivity contribution < 1.29 is 23.4 Å². The van der Waals surface area contributed by atoms with Crippen LogP contribution in [-0.2, 0) is 13.6 Å². The van der Waals surface area contributed by atoms with Gasteiger partial charge >= 0.3 is 5.97 Å². The molecule has 1 heterocycles. The van der Waals surface area contributed by atoms with E-state index in [0.717, 1.165) is 15.7 Å². The van der Waals surface area contributed by atoms with E-state index in [4.69, 9.17) is 22.1 Å². The Morgan fingerprint density at radius 1 is 1.23 bits per heavy atom. The number of rotatable bonds is 8. The molecule has 0 amide bonds. The fraction of sp³-hybridized carbons (Fsp3) is 0.167. The topological polar surface area (TPSA) is 93.6 Å². The molecule has 4 aromatic rings. The number of hydrogen-bond acceptors (Lipinski definition) is 5. The van der Waals surface area contributed by atoms with E-state index in [1.807, 2.05) is 41.3 Å². The largest absolute Gasteiger partial charge is 0.487 e. The summed E-state index contributed by atoms with van der Waals surface area (Å²) < 4.78 is 33.2. The summed E-state index contributed by atoms with van der Waals surface area (Å²) in [6.07, 6.45) is -2.75. The zero-order chi connectivity index (χ0) is 25.3. The number of nitrogens with zero attached hydrogens (tertiary/aromatic N) is 3. The minimum absolute atomic E-state index is 0.168. The molecule has 0 saturated heterocycles. The molecule has 0 saturated carbocycles. The average molecular weight is 566 g/mol. The van der Waals surface area contributed by atoms with Gasteiger partial charge < -0.3 is 20.1 Å². The van der Waals surface area contributed by atoms with Crippen molar-refractivity contribution in [2.24, 2.45) is 12.8 Å². The maximum Gasteiger partial charge on any atom is 0.339 e. The first-order chi connectivity index (χ1) is 16.7. The third kappa shape index (κ3) is 5.09. The number of nitrogens with two attached hydrogens (primary N) is 1. The molecule has 4 rings (SSSR count). The fourth-order valence-corrected chi connectivity index (χ4v) is 4.12. The Morgan fingerprint density at radius 2 is 1.94 bits per heavy atom. The Morgan fingerprint density at radius 3 is 2.57 bits per heavy atom. The quantitative estimate of drug-likeness (QED) is 0.262. The second-order valence-electron chi connectivity index (χ2n) is 7.62. The van der Waals surface area contributed by atoms with E-state index in [2.05, 4.69) is 20.9 Å². The Bertz CT molecular complexity index is 1400. The molecule has 35 heavy (non-hydrogen) atoms. The van der Waals surface area contributed by atoms with E-state index in [-0.39, 0.29) is 11.3 Å². The van der Waals surface area contributed by atoms with E-state index >= 15 is 0 Å². The van der Waals surface area contributed by atoms with Gasteiger partial charge in [-0.15, -0.1) is 0 Å². The van der Waals surface area contributed by atoms with Crippen LogP contribution in [0.15, 0.2) is 59.1 Å². The standard InChI is InChI=1S/C24H20BrClF2N4O3/c1-31-20-10-21(35-12-22(27)28)16(23(33)34)9-18(20)30-24(31)32(15-5-3-14(25)4-6-15)19-8-13(11-29)2-7-17(19)26/h2-10,22H,11-12,29H2,1H3,(H,33,34). The molecule has 3 aromatic carbocycles. The monoisotopic (exact) mass is 564 g/mol. The summed E-state index contributed by atoms with van der Waals surface area (Å²) in [4.78, 5) is 18.3. The number of imidazole rings is 1. The molecule has 11 heteroatoms. The van der Waals surface area contributed by atoms with Crippen molar-refractivity contribution >= 4 is 61.9 Å². The van der Waals surface area contributed by atoms with Crippen LogP contribution in [0.4, 0.5) is 26.1 Å². The van der Waals surface area contributed by atoms with Crippen LogP contribution in [0.2, 0.25) is 5.02 Å². The predicted molar refractivity (Wildman–Crippen MR) is 134 cm³/mol. The van der Waals surface area contributed by atoms with Crippen molar-refractivity contribution in [3.63, 3.8) is 0 Å². The van der Waals surface area contributed by atoms with Crippen LogP contribution in [-0.4, -0.2) is 33.7 Å². The smallest absolute Gasteiger partial charge is 0.339 e. The highest BCUT2D eigenvalue weighted by Gasteiger charge is 2.24. The number of ether oxygens (including phenoxy) is 1. The van der Waals surface area contributed by atoms with Crippen LogP contribution >= 0.6 is 27.5 Å². The Kier molecular flexibility index (Phi) is 7.25. The summed E-state index contributed by atoms with van der Waals surface area (Å²) in [7, 11) is 1.73. The van der Waals surface area contributed by atoms with E-state index in [9.17, 15) is 18.7 Å². The van der Waals surface area contributed by atoms with Crippen molar-refractivity contribution in [2.75, 3.05) is 11.5 Å². The van der Waals surface area contributed by atoms with Gasteiger partial charge in [0.1, 0.15) is 17.9 Å². The molecular formula is C24H20BrClF2N4O3. The molecule has 0 bridgehead atoms. The molecule has 0 fully saturated rings. The van der Waals surface area contributed by atoms with Crippen molar-refractivity contribution in [2.45, 2.75) is 13.0 Å². The average Bonchev–Trinajstić information content (AvgIpc) is 3.14. The molecule has 3 N–H and O–H groups in total. The summed E-state index contributed by atoms with van der Waals surface area (Å²) >= 11 is 10.0. The molecule has 0 unspecified atom stereocenters. The molecule has 0 spiro atoms. The predicted octanol–water partition coefficient (Wildman–Crippen LogP) is 6.26. The van der Waals surface area contributed by atoms with E-state index in [1.54, 1.807) is 17.7 Å². The lowest BCUT2D eigenvalue weighted by Crippen LogP contribution is -2.15. The first-order valence-electron chi connectivity index (χ1n) is 10.4. The molecule has 0 aliphatic carbocycles. The van der Waals surface area contributed by atoms with Crippen molar-refractivity contribution in [3.8, 4) is 5.75 Å². The molecule has 0 aliphatic rings. The minimum Gasteiger partial charge on any atom is -0.487 e. The summed E-state index contributed by atoms with van der Waals surface area (Å²) in [5.41, 5.74) is 8.62. The highest BCUT2D eigenvalue weighted by molar-refractivity contribution is 9.10. The highest BCUT2D eigenvalue weighted by Crippen LogP contribution is 2.40. The van der Waals surface area contributed by atoms with Gasteiger partial charge in [-0.25, -0.2) is 18.6 Å². The maximum absolute atomic E-state index is 12.7. The number of halogens is 4. The number of aryl methyl sites for hydroxylation is 1. The van der Waals surface area contributed by atoms with E-state index < -0.39 is 19.0 Å². The number of carboxylic acids is 1. The number of benzene rings is 3. The van der Waals surface area contributed by atoms with Gasteiger partial charge in [0.2, 0.25) is 5.95 Å². The summed E-state index contributed by atoms with van der Waals surface area (Å²) in [6, 6.07) is 15.6. The summed E-state index contributed by atoms with van der Waals surface area (Å²) in [5, 5.41) is 10.1. The van der Waals surface area contributed by atoms with Crippen LogP contribution in [0.3, 0.4) is 0 Å². The molecule has 0 radical (unpaired) electrons. The number of alkyl halides is 2. The zero-order valence-electron chi connectivity index (χ0n) is 18.4. The molecule has 0 atom stereocenters. The van der Waals surface area contributed by atoms with Crippen LogP contribution < -0.4 is 15.4 Å². The van der Waals surface area contributed by atoms with Crippen molar-refractivity contribution in [1.82, 2.24) is 9.55 Å². The van der Waals surface area contributed by atoms with Crippen LogP contribution in [0.5, 0.6) is 5.75 Å². The van der Waals surface area contributed by atoms with Gasteiger partial charge in [-0.05, 0) is 48.0 Å². The summed E-state index contributed by atoms with van der Waals surface area (Å²) in [6.45, 7) is -0.628. The highest BCUT2D eigenvalue weighted by atomic mass is 79.9. The SMILES string of the molecule is Cn1c(N(c2ccc(Br)cc2)c2cc(CN)ccc2Cl)nc2cc(C(=O)O)c(OCC(F)F)cc21. The number of hydrogen-bond donors (Lipinski definition) is 2. The van der Waals surface area contributed by atoms with Crippen LogP contribution in [0, 0.1) is 0 Å². The lowest BCUT2D eigenvalue weighted by atomic mass is 10.1. The van der Waals surface area contributed by atoms with Crippen molar-refractivity contribution in [3.05, 3.63) is 75.2 Å². The number of carbonyl (C=O) groups is 1. The Labute approximate surface area is 212 Å². The number of fused-ring (bicyclic) bond motifs is 1. The number of carboxylic acid groups (broad SMARTS) is 1. The van der Waals surface area contributed by atoms with Gasteiger partial charge in [-0.1, -0.05) is 33.6 Å². The Hall–Kier alpha value is -3.21. The van der Waals surface area contributed by atoms with Crippen LogP contribution in [0.25, 0.3) is 11.0 Å². The van der Waals surface area contributed by atoms with E-state index in [0.29, 0.717) is 34.2 Å². The molecule has 0 aliphatic heterocycles. The summed E-state index contributed by atoms with van der Waals surface area (Å²) in [5.74, 6) is -1.06. The molecule has 182 valence electrons. The number of aromatic carboxylic acids is 1. The van der Waals surface area contributed by atoms with Crippen LogP contribution in [0.1, 0.15) is 15.9 Å². The fourth-order valence-electron chi connectivity index (χ4n) is 3.65. The second kappa shape index (κ2) is 10.2. The third-order valence-corrected chi connectivity index (χ3v) is 6.17. The zero-order valence-corrected chi connectivity index (χ0v) is 20.7.